The van der Waals surface area contributed by atoms with Crippen LogP contribution in [0, 0.1) is 0 Å². The van der Waals surface area contributed by atoms with Crippen LogP contribution < -0.4 is 5.32 Å². The molecule has 0 aromatic heterocycles. The molecule has 0 atom stereocenters. The summed E-state index contributed by atoms with van der Waals surface area (Å²) >= 11 is 6.01. The predicted octanol–water partition coefficient (Wildman–Crippen LogP) is 2.99. The van der Waals surface area contributed by atoms with Gasteiger partial charge in [0.2, 0.25) is 5.91 Å². The Balaban J connectivity index is 1.54. The van der Waals surface area contributed by atoms with E-state index < -0.39 is 0 Å². The molecule has 3 rings (SSSR count). The highest BCUT2D eigenvalue weighted by Crippen LogP contribution is 2.41. The van der Waals surface area contributed by atoms with Gasteiger partial charge in [0.25, 0.3) is 0 Å². The number of rotatable bonds is 6. The van der Waals surface area contributed by atoms with Crippen molar-refractivity contribution in [3.05, 3.63) is 34.9 Å². The lowest BCUT2D eigenvalue weighted by molar-refractivity contribution is -0.126. The second kappa shape index (κ2) is 8.32. The summed E-state index contributed by atoms with van der Waals surface area (Å²) in [6.07, 6.45) is 5.09. The maximum atomic E-state index is 12.9. The lowest BCUT2D eigenvalue weighted by Crippen LogP contribution is -2.44. The summed E-state index contributed by atoms with van der Waals surface area (Å²) in [7, 11) is 0. The lowest BCUT2D eigenvalue weighted by atomic mass is 9.78. The maximum Gasteiger partial charge on any atom is 0.230 e. The molecular formula is C19H27ClN2O2. The van der Waals surface area contributed by atoms with Crippen molar-refractivity contribution in [2.45, 2.75) is 37.5 Å². The van der Waals surface area contributed by atoms with Gasteiger partial charge < -0.3 is 10.1 Å². The zero-order chi connectivity index (χ0) is 16.8. The van der Waals surface area contributed by atoms with Crippen LogP contribution in [0.2, 0.25) is 5.02 Å². The van der Waals surface area contributed by atoms with E-state index in [2.05, 4.69) is 10.2 Å². The van der Waals surface area contributed by atoms with Crippen molar-refractivity contribution >= 4 is 17.5 Å². The van der Waals surface area contributed by atoms with Crippen molar-refractivity contribution < 1.29 is 9.53 Å². The molecule has 1 aliphatic heterocycles. The fourth-order valence-electron chi connectivity index (χ4n) is 3.89. The van der Waals surface area contributed by atoms with E-state index in [9.17, 15) is 4.79 Å². The van der Waals surface area contributed by atoms with Gasteiger partial charge >= 0.3 is 0 Å². The molecule has 24 heavy (non-hydrogen) atoms. The van der Waals surface area contributed by atoms with Gasteiger partial charge in [-0.25, -0.2) is 0 Å². The summed E-state index contributed by atoms with van der Waals surface area (Å²) in [5.74, 6) is 0.185. The van der Waals surface area contributed by atoms with E-state index in [1.807, 2.05) is 24.3 Å². The van der Waals surface area contributed by atoms with Gasteiger partial charge in [0.05, 0.1) is 18.6 Å². The minimum absolute atomic E-state index is 0.185. The molecule has 1 saturated carbocycles. The van der Waals surface area contributed by atoms with Crippen molar-refractivity contribution in [2.24, 2.45) is 0 Å². The van der Waals surface area contributed by atoms with Crippen molar-refractivity contribution in [1.82, 2.24) is 10.2 Å². The molecule has 1 heterocycles. The number of nitrogens with one attached hydrogen (secondary N) is 1. The summed E-state index contributed by atoms with van der Waals surface area (Å²) in [5, 5.41) is 3.91. The highest BCUT2D eigenvalue weighted by Gasteiger charge is 2.42. The Morgan fingerprint density at radius 1 is 1.17 bits per heavy atom. The third kappa shape index (κ3) is 4.11. The van der Waals surface area contributed by atoms with Gasteiger partial charge in [0, 0.05) is 24.7 Å². The minimum Gasteiger partial charge on any atom is -0.379 e. The fourth-order valence-corrected chi connectivity index (χ4v) is 4.02. The van der Waals surface area contributed by atoms with E-state index in [-0.39, 0.29) is 11.3 Å². The smallest absolute Gasteiger partial charge is 0.230 e. The molecule has 4 nitrogen and oxygen atoms in total. The molecule has 1 aromatic carbocycles. The molecule has 1 aliphatic carbocycles. The van der Waals surface area contributed by atoms with Crippen molar-refractivity contribution in [3.8, 4) is 0 Å². The average Bonchev–Trinajstić information content (AvgIpc) is 3.11. The van der Waals surface area contributed by atoms with Crippen LogP contribution in [0.5, 0.6) is 0 Å². The van der Waals surface area contributed by atoms with Crippen LogP contribution in [-0.2, 0) is 14.9 Å². The predicted molar refractivity (Wildman–Crippen MR) is 96.5 cm³/mol. The van der Waals surface area contributed by atoms with Gasteiger partial charge in [-0.05, 0) is 43.5 Å². The topological polar surface area (TPSA) is 41.6 Å². The van der Waals surface area contributed by atoms with Gasteiger partial charge in [-0.1, -0.05) is 36.6 Å². The number of morpholine rings is 1. The lowest BCUT2D eigenvalue weighted by Gasteiger charge is -2.29. The molecule has 0 unspecified atom stereocenters. The number of amides is 1. The highest BCUT2D eigenvalue weighted by atomic mass is 35.5. The Kier molecular flexibility index (Phi) is 6.14. The maximum absolute atomic E-state index is 12.9. The molecule has 132 valence electrons. The number of hydrogen-bond donors (Lipinski definition) is 1. The van der Waals surface area contributed by atoms with Crippen molar-refractivity contribution in [1.29, 1.82) is 0 Å². The van der Waals surface area contributed by atoms with Crippen LogP contribution in [0.15, 0.2) is 24.3 Å². The third-order valence-corrected chi connectivity index (χ3v) is 5.58. The average molecular weight is 351 g/mol. The zero-order valence-electron chi connectivity index (χ0n) is 14.2. The van der Waals surface area contributed by atoms with Crippen LogP contribution in [0.3, 0.4) is 0 Å². The monoisotopic (exact) mass is 350 g/mol. The van der Waals surface area contributed by atoms with Gasteiger partial charge in [-0.3, -0.25) is 9.69 Å². The van der Waals surface area contributed by atoms with Crippen LogP contribution in [0.1, 0.15) is 37.7 Å². The summed E-state index contributed by atoms with van der Waals surface area (Å²) < 4.78 is 5.36. The van der Waals surface area contributed by atoms with Gasteiger partial charge in [0.15, 0.2) is 0 Å². The van der Waals surface area contributed by atoms with Crippen LogP contribution >= 0.6 is 11.6 Å². The molecule has 5 heteroatoms. The van der Waals surface area contributed by atoms with Crippen molar-refractivity contribution in [3.63, 3.8) is 0 Å². The first-order valence-electron chi connectivity index (χ1n) is 9.05. The zero-order valence-corrected chi connectivity index (χ0v) is 15.0. The molecular weight excluding hydrogens is 324 g/mol. The largest absolute Gasteiger partial charge is 0.379 e. The van der Waals surface area contributed by atoms with E-state index in [1.165, 1.54) is 0 Å². The number of carbonyl (C=O) groups is 1. The van der Waals surface area contributed by atoms with Gasteiger partial charge in [0.1, 0.15) is 0 Å². The van der Waals surface area contributed by atoms with Crippen LogP contribution in [0.4, 0.5) is 0 Å². The van der Waals surface area contributed by atoms with E-state index in [1.54, 1.807) is 0 Å². The number of hydrogen-bond acceptors (Lipinski definition) is 3. The fraction of sp³-hybridized carbons (Fsp3) is 0.632. The van der Waals surface area contributed by atoms with E-state index in [0.29, 0.717) is 0 Å². The normalized spacial score (nSPS) is 20.9. The molecule has 1 aromatic rings. The van der Waals surface area contributed by atoms with E-state index in [0.717, 1.165) is 82.1 Å². The number of nitrogens with zero attached hydrogens (tertiary/aromatic N) is 1. The quantitative estimate of drug-likeness (QED) is 0.802. The summed E-state index contributed by atoms with van der Waals surface area (Å²) in [5.41, 5.74) is 0.749. The summed E-state index contributed by atoms with van der Waals surface area (Å²) in [6.45, 7) is 5.42. The van der Waals surface area contributed by atoms with E-state index >= 15 is 0 Å². The Hall–Kier alpha value is -1.10. The third-order valence-electron chi connectivity index (χ3n) is 5.33. The molecule has 1 N–H and O–H groups in total. The van der Waals surface area contributed by atoms with Gasteiger partial charge in [-0.2, -0.15) is 0 Å². The summed E-state index contributed by atoms with van der Waals surface area (Å²) in [6, 6.07) is 7.81. The van der Waals surface area contributed by atoms with Crippen LogP contribution in [-0.4, -0.2) is 50.2 Å². The molecule has 1 saturated heterocycles. The second-order valence-electron chi connectivity index (χ2n) is 6.86. The van der Waals surface area contributed by atoms with Gasteiger partial charge in [-0.15, -0.1) is 0 Å². The Bertz CT molecular complexity index is 535. The molecule has 2 aliphatic rings. The standard InChI is InChI=1S/C19H27ClN2O2/c20-17-6-4-16(5-7-17)19(8-1-2-9-19)18(23)21-10-3-11-22-12-14-24-15-13-22/h4-7H,1-3,8-15H2,(H,21,23). The van der Waals surface area contributed by atoms with Crippen molar-refractivity contribution in [2.75, 3.05) is 39.4 Å². The molecule has 2 fully saturated rings. The highest BCUT2D eigenvalue weighted by molar-refractivity contribution is 6.30. The van der Waals surface area contributed by atoms with E-state index in [4.69, 9.17) is 16.3 Å². The summed E-state index contributed by atoms with van der Waals surface area (Å²) in [4.78, 5) is 15.3. The Labute approximate surface area is 149 Å². The molecule has 1 amide bonds. The number of benzene rings is 1. The first-order valence-corrected chi connectivity index (χ1v) is 9.43. The van der Waals surface area contributed by atoms with Crippen LogP contribution in [0.25, 0.3) is 0 Å². The number of halogens is 1. The Morgan fingerprint density at radius 2 is 1.83 bits per heavy atom. The molecule has 0 radical (unpaired) electrons. The minimum atomic E-state index is -0.358. The SMILES string of the molecule is O=C(NCCCN1CCOCC1)C1(c2ccc(Cl)cc2)CCCC1. The first kappa shape index (κ1) is 17.7. The molecule has 0 bridgehead atoms. The second-order valence-corrected chi connectivity index (χ2v) is 7.30. The number of ether oxygens (including phenoxy) is 1. The molecule has 0 spiro atoms. The number of carbonyl (C=O) groups excluding carboxylic acids is 1. The Morgan fingerprint density at radius 3 is 2.50 bits per heavy atom. The first-order chi connectivity index (χ1) is 11.7.